The molecular formula is C14H9Cl2N3. The zero-order chi connectivity index (χ0) is 13.2. The van der Waals surface area contributed by atoms with E-state index >= 15 is 0 Å². The number of nitrogens with zero attached hydrogens (tertiary/aromatic N) is 2. The number of anilines is 2. The van der Waals surface area contributed by atoms with Crippen LogP contribution in [0.3, 0.4) is 0 Å². The topological polar surface area (TPSA) is 37.8 Å². The summed E-state index contributed by atoms with van der Waals surface area (Å²) in [7, 11) is 0. The molecule has 0 atom stereocenters. The highest BCUT2D eigenvalue weighted by atomic mass is 35.5. The van der Waals surface area contributed by atoms with Gasteiger partial charge in [0.15, 0.2) is 0 Å². The Morgan fingerprint density at radius 3 is 2.63 bits per heavy atom. The van der Waals surface area contributed by atoms with Gasteiger partial charge in [0.25, 0.3) is 0 Å². The maximum atomic E-state index is 5.98. The number of hydrogen-bond donors (Lipinski definition) is 1. The van der Waals surface area contributed by atoms with Crippen molar-refractivity contribution in [1.82, 2.24) is 9.97 Å². The Hall–Kier alpha value is -1.84. The van der Waals surface area contributed by atoms with Crippen LogP contribution < -0.4 is 5.32 Å². The normalized spacial score (nSPS) is 10.6. The van der Waals surface area contributed by atoms with Crippen LogP contribution in [-0.2, 0) is 0 Å². The van der Waals surface area contributed by atoms with Crippen molar-refractivity contribution in [3.63, 3.8) is 0 Å². The van der Waals surface area contributed by atoms with Crippen LogP contribution in [-0.4, -0.2) is 9.97 Å². The molecule has 2 heterocycles. The van der Waals surface area contributed by atoms with Crippen molar-refractivity contribution < 1.29 is 0 Å². The molecule has 0 unspecified atom stereocenters. The lowest BCUT2D eigenvalue weighted by Crippen LogP contribution is -1.95. The van der Waals surface area contributed by atoms with Crippen LogP contribution in [0.5, 0.6) is 0 Å². The predicted molar refractivity (Wildman–Crippen MR) is 79.3 cm³/mol. The van der Waals surface area contributed by atoms with Crippen molar-refractivity contribution in [2.24, 2.45) is 0 Å². The van der Waals surface area contributed by atoms with Crippen LogP contribution >= 0.6 is 23.2 Å². The maximum Gasteiger partial charge on any atom is 0.138 e. The smallest absolute Gasteiger partial charge is 0.138 e. The summed E-state index contributed by atoms with van der Waals surface area (Å²) in [5, 5.41) is 6.42. The molecule has 1 aromatic carbocycles. The van der Waals surface area contributed by atoms with E-state index < -0.39 is 0 Å². The molecule has 3 rings (SSSR count). The predicted octanol–water partition coefficient (Wildman–Crippen LogP) is 4.68. The summed E-state index contributed by atoms with van der Waals surface area (Å²) in [5.74, 6) is 0.762. The first kappa shape index (κ1) is 12.2. The summed E-state index contributed by atoms with van der Waals surface area (Å²) < 4.78 is 0. The van der Waals surface area contributed by atoms with E-state index in [4.69, 9.17) is 23.2 Å². The molecule has 0 amide bonds. The molecule has 0 aliphatic carbocycles. The van der Waals surface area contributed by atoms with E-state index in [9.17, 15) is 0 Å². The number of pyridine rings is 2. The SMILES string of the molecule is Clc1ccc2c(Nc3ccc(Cl)nc3)nccc2c1. The summed E-state index contributed by atoms with van der Waals surface area (Å²) >= 11 is 11.7. The average Bonchev–Trinajstić information content (AvgIpc) is 2.41. The lowest BCUT2D eigenvalue weighted by molar-refractivity contribution is 1.29. The third kappa shape index (κ3) is 2.62. The number of benzene rings is 1. The van der Waals surface area contributed by atoms with Crippen LogP contribution in [0.25, 0.3) is 10.8 Å². The van der Waals surface area contributed by atoms with Crippen LogP contribution in [0.4, 0.5) is 11.5 Å². The van der Waals surface area contributed by atoms with Crippen molar-refractivity contribution in [1.29, 1.82) is 0 Å². The number of halogens is 2. The molecule has 19 heavy (non-hydrogen) atoms. The number of fused-ring (bicyclic) bond motifs is 1. The van der Waals surface area contributed by atoms with Gasteiger partial charge in [0.2, 0.25) is 0 Å². The molecule has 0 saturated heterocycles. The van der Waals surface area contributed by atoms with Gasteiger partial charge in [-0.2, -0.15) is 0 Å². The molecule has 0 aliphatic rings. The molecule has 94 valence electrons. The van der Waals surface area contributed by atoms with E-state index in [1.54, 1.807) is 18.5 Å². The van der Waals surface area contributed by atoms with Crippen LogP contribution in [0.1, 0.15) is 0 Å². The Morgan fingerprint density at radius 1 is 0.947 bits per heavy atom. The first-order chi connectivity index (χ1) is 9.22. The second-order valence-corrected chi connectivity index (χ2v) is 4.84. The minimum atomic E-state index is 0.461. The van der Waals surface area contributed by atoms with E-state index in [2.05, 4.69) is 15.3 Å². The highest BCUT2D eigenvalue weighted by Gasteiger charge is 2.03. The number of rotatable bonds is 2. The molecule has 0 fully saturated rings. The number of hydrogen-bond acceptors (Lipinski definition) is 3. The molecule has 3 aromatic rings. The molecule has 1 N–H and O–H groups in total. The fourth-order valence-electron chi connectivity index (χ4n) is 1.83. The van der Waals surface area contributed by atoms with Gasteiger partial charge in [0, 0.05) is 16.6 Å². The Bertz CT molecular complexity index is 726. The van der Waals surface area contributed by atoms with Crippen molar-refractivity contribution in [2.45, 2.75) is 0 Å². The third-order valence-electron chi connectivity index (χ3n) is 2.72. The summed E-state index contributed by atoms with van der Waals surface area (Å²) in [6.45, 7) is 0. The van der Waals surface area contributed by atoms with Gasteiger partial charge in [0.1, 0.15) is 11.0 Å². The van der Waals surface area contributed by atoms with E-state index in [1.807, 2.05) is 30.3 Å². The first-order valence-corrected chi connectivity index (χ1v) is 6.41. The van der Waals surface area contributed by atoms with E-state index in [1.165, 1.54) is 0 Å². The third-order valence-corrected chi connectivity index (χ3v) is 3.18. The second kappa shape index (κ2) is 5.03. The van der Waals surface area contributed by atoms with Crippen molar-refractivity contribution in [3.8, 4) is 0 Å². The molecule has 0 bridgehead atoms. The van der Waals surface area contributed by atoms with Gasteiger partial charge in [-0.15, -0.1) is 0 Å². The quantitative estimate of drug-likeness (QED) is 0.696. The molecule has 0 spiro atoms. The molecule has 0 radical (unpaired) electrons. The minimum Gasteiger partial charge on any atom is -0.338 e. The van der Waals surface area contributed by atoms with Gasteiger partial charge in [0.05, 0.1) is 11.9 Å². The Balaban J connectivity index is 2.03. The molecular weight excluding hydrogens is 281 g/mol. The van der Waals surface area contributed by atoms with Crippen molar-refractivity contribution in [2.75, 3.05) is 5.32 Å². The molecule has 2 aromatic heterocycles. The highest BCUT2D eigenvalue weighted by Crippen LogP contribution is 2.26. The molecule has 5 heteroatoms. The lowest BCUT2D eigenvalue weighted by Gasteiger charge is -2.08. The highest BCUT2D eigenvalue weighted by molar-refractivity contribution is 6.31. The molecule has 0 saturated carbocycles. The Kier molecular flexibility index (Phi) is 3.23. The first-order valence-electron chi connectivity index (χ1n) is 5.65. The van der Waals surface area contributed by atoms with Gasteiger partial charge >= 0.3 is 0 Å². The maximum absolute atomic E-state index is 5.98. The van der Waals surface area contributed by atoms with Gasteiger partial charge < -0.3 is 5.32 Å². The van der Waals surface area contributed by atoms with Crippen LogP contribution in [0.2, 0.25) is 10.2 Å². The summed E-state index contributed by atoms with van der Waals surface area (Å²) in [5.41, 5.74) is 0.833. The number of nitrogens with one attached hydrogen (secondary N) is 1. The van der Waals surface area contributed by atoms with E-state index in [0.717, 1.165) is 22.3 Å². The van der Waals surface area contributed by atoms with E-state index in [-0.39, 0.29) is 0 Å². The van der Waals surface area contributed by atoms with Crippen LogP contribution in [0.15, 0.2) is 48.8 Å². The van der Waals surface area contributed by atoms with Crippen LogP contribution in [0, 0.1) is 0 Å². The van der Waals surface area contributed by atoms with Gasteiger partial charge in [-0.05, 0) is 41.8 Å². The van der Waals surface area contributed by atoms with Crippen molar-refractivity contribution in [3.05, 3.63) is 59.0 Å². The summed E-state index contributed by atoms with van der Waals surface area (Å²) in [6, 6.07) is 11.2. The fraction of sp³-hybridized carbons (Fsp3) is 0. The monoisotopic (exact) mass is 289 g/mol. The Labute approximate surface area is 120 Å². The zero-order valence-corrected chi connectivity index (χ0v) is 11.3. The summed E-state index contributed by atoms with van der Waals surface area (Å²) in [6.07, 6.45) is 3.41. The standard InChI is InChI=1S/C14H9Cl2N3/c15-10-1-3-12-9(7-10)5-6-17-14(12)19-11-2-4-13(16)18-8-11/h1-8H,(H,17,19). The van der Waals surface area contributed by atoms with Gasteiger partial charge in [-0.25, -0.2) is 9.97 Å². The summed E-state index contributed by atoms with van der Waals surface area (Å²) in [4.78, 5) is 8.36. The van der Waals surface area contributed by atoms with Crippen molar-refractivity contribution >= 4 is 45.5 Å². The zero-order valence-electron chi connectivity index (χ0n) is 9.77. The average molecular weight is 290 g/mol. The van der Waals surface area contributed by atoms with E-state index in [0.29, 0.717) is 10.2 Å². The number of aromatic nitrogens is 2. The second-order valence-electron chi connectivity index (χ2n) is 4.02. The lowest BCUT2D eigenvalue weighted by atomic mass is 10.1. The van der Waals surface area contributed by atoms with Gasteiger partial charge in [-0.1, -0.05) is 23.2 Å². The Morgan fingerprint density at radius 2 is 1.84 bits per heavy atom. The molecule has 0 aliphatic heterocycles. The minimum absolute atomic E-state index is 0.461. The van der Waals surface area contributed by atoms with Gasteiger partial charge in [-0.3, -0.25) is 0 Å². The fourth-order valence-corrected chi connectivity index (χ4v) is 2.13. The largest absolute Gasteiger partial charge is 0.338 e. The molecule has 3 nitrogen and oxygen atoms in total.